The Kier molecular flexibility index (Phi) is 6.48. The molecule has 0 atom stereocenters. The number of nitro benzene ring substituents is 1. The first-order chi connectivity index (χ1) is 10.4. The molecule has 118 valence electrons. The summed E-state index contributed by atoms with van der Waals surface area (Å²) in [5.41, 5.74) is 4.15. The van der Waals surface area contributed by atoms with Gasteiger partial charge in [0.1, 0.15) is 0 Å². The second-order valence-electron chi connectivity index (χ2n) is 4.22. The summed E-state index contributed by atoms with van der Waals surface area (Å²) >= 11 is 0. The van der Waals surface area contributed by atoms with E-state index in [9.17, 15) is 24.5 Å². The lowest BCUT2D eigenvalue weighted by Gasteiger charge is -2.07. The van der Waals surface area contributed by atoms with Gasteiger partial charge in [-0.05, 0) is 18.6 Å². The number of amides is 2. The molecule has 22 heavy (non-hydrogen) atoms. The maximum atomic E-state index is 11.7. The summed E-state index contributed by atoms with van der Waals surface area (Å²) in [5, 5.41) is 10.5. The van der Waals surface area contributed by atoms with Crippen LogP contribution >= 0.6 is 0 Å². The van der Waals surface area contributed by atoms with Crippen molar-refractivity contribution in [2.75, 3.05) is 6.61 Å². The molecule has 0 fully saturated rings. The lowest BCUT2D eigenvalue weighted by molar-refractivity contribution is -0.384. The van der Waals surface area contributed by atoms with Crippen LogP contribution in [0.2, 0.25) is 0 Å². The molecule has 1 aromatic rings. The predicted octanol–water partition coefficient (Wildman–Crippen LogP) is 0.699. The van der Waals surface area contributed by atoms with Crippen LogP contribution in [0.3, 0.4) is 0 Å². The summed E-state index contributed by atoms with van der Waals surface area (Å²) in [6.45, 7) is 1.30. The summed E-state index contributed by atoms with van der Waals surface area (Å²) in [6.07, 6.45) is 0.819. The Labute approximate surface area is 125 Å². The molecule has 0 saturated carbocycles. The highest BCUT2D eigenvalue weighted by Gasteiger charge is 2.11. The van der Waals surface area contributed by atoms with E-state index in [1.54, 1.807) is 6.92 Å². The molecule has 0 spiro atoms. The average molecular weight is 309 g/mol. The summed E-state index contributed by atoms with van der Waals surface area (Å²) in [6, 6.07) is 4.84. The van der Waals surface area contributed by atoms with Gasteiger partial charge in [0.25, 0.3) is 17.5 Å². The topological polar surface area (TPSA) is 128 Å². The van der Waals surface area contributed by atoms with Crippen molar-refractivity contribution in [3.05, 3.63) is 39.9 Å². The molecule has 0 bridgehead atoms. The number of hydrogen-bond donors (Lipinski definition) is 2. The normalized spacial score (nSPS) is 9.68. The number of nitrogens with zero attached hydrogens (tertiary/aromatic N) is 1. The first-order valence-corrected chi connectivity index (χ1v) is 6.43. The Morgan fingerprint density at radius 2 is 1.82 bits per heavy atom. The van der Waals surface area contributed by atoms with E-state index in [4.69, 9.17) is 0 Å². The van der Waals surface area contributed by atoms with E-state index in [0.717, 1.165) is 0 Å². The van der Waals surface area contributed by atoms with E-state index in [-0.39, 0.29) is 17.7 Å². The minimum Gasteiger partial charge on any atom is -0.455 e. The number of nitrogens with one attached hydrogen (secondary N) is 2. The Bertz CT molecular complexity index is 570. The third-order valence-electron chi connectivity index (χ3n) is 2.47. The van der Waals surface area contributed by atoms with E-state index in [1.807, 2.05) is 0 Å². The zero-order valence-corrected chi connectivity index (χ0v) is 11.8. The molecule has 9 nitrogen and oxygen atoms in total. The Balaban J connectivity index is 2.40. The van der Waals surface area contributed by atoms with Crippen LogP contribution in [0.4, 0.5) is 5.69 Å². The van der Waals surface area contributed by atoms with Crippen molar-refractivity contribution in [2.24, 2.45) is 0 Å². The van der Waals surface area contributed by atoms with Crippen LogP contribution in [-0.2, 0) is 14.3 Å². The number of esters is 1. The molecular formula is C13H15N3O6. The molecular weight excluding hydrogens is 294 g/mol. The maximum absolute atomic E-state index is 11.7. The molecule has 1 aromatic carbocycles. The lowest BCUT2D eigenvalue weighted by atomic mass is 10.2. The molecule has 0 aliphatic heterocycles. The van der Waals surface area contributed by atoms with E-state index in [1.165, 1.54) is 24.3 Å². The van der Waals surface area contributed by atoms with Gasteiger partial charge in [0, 0.05) is 24.1 Å². The molecule has 0 aromatic heterocycles. The summed E-state index contributed by atoms with van der Waals surface area (Å²) in [4.78, 5) is 43.9. The second kappa shape index (κ2) is 8.35. The highest BCUT2D eigenvalue weighted by molar-refractivity contribution is 5.95. The average Bonchev–Trinajstić information content (AvgIpc) is 2.51. The zero-order valence-electron chi connectivity index (χ0n) is 11.8. The fourth-order valence-electron chi connectivity index (χ4n) is 1.39. The number of ether oxygens (including phenoxy) is 1. The predicted molar refractivity (Wildman–Crippen MR) is 74.6 cm³/mol. The minimum atomic E-state index is -0.695. The summed E-state index contributed by atoms with van der Waals surface area (Å²) < 4.78 is 4.65. The van der Waals surface area contributed by atoms with Gasteiger partial charge in [-0.15, -0.1) is 0 Å². The molecule has 0 saturated heterocycles. The van der Waals surface area contributed by atoms with E-state index < -0.39 is 29.3 Å². The Hall–Kier alpha value is -2.97. The van der Waals surface area contributed by atoms with Crippen LogP contribution in [0, 0.1) is 10.1 Å². The number of hydrogen-bond acceptors (Lipinski definition) is 6. The van der Waals surface area contributed by atoms with Gasteiger partial charge in [0.05, 0.1) is 4.92 Å². The Morgan fingerprint density at radius 3 is 2.36 bits per heavy atom. The van der Waals surface area contributed by atoms with Crippen molar-refractivity contribution in [1.29, 1.82) is 0 Å². The quantitative estimate of drug-likeness (QED) is 0.452. The van der Waals surface area contributed by atoms with Crippen molar-refractivity contribution in [3.63, 3.8) is 0 Å². The molecule has 0 radical (unpaired) electrons. The molecule has 1 rings (SSSR count). The fraction of sp³-hybridized carbons (Fsp3) is 0.308. The van der Waals surface area contributed by atoms with Crippen molar-refractivity contribution < 1.29 is 24.0 Å². The van der Waals surface area contributed by atoms with Crippen LogP contribution in [0.5, 0.6) is 0 Å². The van der Waals surface area contributed by atoms with Crippen LogP contribution in [0.25, 0.3) is 0 Å². The van der Waals surface area contributed by atoms with Gasteiger partial charge in [-0.1, -0.05) is 6.92 Å². The Morgan fingerprint density at radius 1 is 1.18 bits per heavy atom. The van der Waals surface area contributed by atoms with E-state index in [0.29, 0.717) is 6.42 Å². The third-order valence-corrected chi connectivity index (χ3v) is 2.47. The number of hydrazine groups is 1. The molecule has 9 heteroatoms. The number of rotatable bonds is 6. The molecule has 2 N–H and O–H groups in total. The van der Waals surface area contributed by atoms with Gasteiger partial charge < -0.3 is 4.74 Å². The van der Waals surface area contributed by atoms with Gasteiger partial charge in [0.15, 0.2) is 6.61 Å². The van der Waals surface area contributed by atoms with Crippen molar-refractivity contribution in [1.82, 2.24) is 10.9 Å². The molecule has 0 heterocycles. The SMILES string of the molecule is CCCC(=O)OCC(=O)NNC(=O)c1ccc([N+](=O)[O-])cc1. The van der Waals surface area contributed by atoms with E-state index in [2.05, 4.69) is 15.6 Å². The lowest BCUT2D eigenvalue weighted by Crippen LogP contribution is -2.43. The van der Waals surface area contributed by atoms with Crippen LogP contribution in [-0.4, -0.2) is 29.3 Å². The van der Waals surface area contributed by atoms with Gasteiger partial charge in [-0.3, -0.25) is 35.3 Å². The largest absolute Gasteiger partial charge is 0.455 e. The first-order valence-electron chi connectivity index (χ1n) is 6.43. The monoisotopic (exact) mass is 309 g/mol. The van der Waals surface area contributed by atoms with Crippen LogP contribution in [0.15, 0.2) is 24.3 Å². The molecule has 2 amide bonds. The number of benzene rings is 1. The van der Waals surface area contributed by atoms with Crippen molar-refractivity contribution in [3.8, 4) is 0 Å². The van der Waals surface area contributed by atoms with Gasteiger partial charge >= 0.3 is 5.97 Å². The number of nitro groups is 1. The van der Waals surface area contributed by atoms with Gasteiger partial charge in [-0.25, -0.2) is 0 Å². The smallest absolute Gasteiger partial charge is 0.306 e. The van der Waals surface area contributed by atoms with Crippen LogP contribution in [0.1, 0.15) is 30.1 Å². The third kappa shape index (κ3) is 5.57. The van der Waals surface area contributed by atoms with Crippen molar-refractivity contribution >= 4 is 23.5 Å². The summed E-state index contributed by atoms with van der Waals surface area (Å²) in [7, 11) is 0. The summed E-state index contributed by atoms with van der Waals surface area (Å²) in [5.74, 6) is -1.85. The molecule has 0 aliphatic carbocycles. The standard InChI is InChI=1S/C13H15N3O6/c1-2-3-12(18)22-8-11(17)14-15-13(19)9-4-6-10(7-5-9)16(20)21/h4-7H,2-3,8H2,1H3,(H,14,17)(H,15,19). The molecule has 0 unspecified atom stereocenters. The second-order valence-corrected chi connectivity index (χ2v) is 4.22. The zero-order chi connectivity index (χ0) is 16.5. The van der Waals surface area contributed by atoms with E-state index >= 15 is 0 Å². The number of carbonyl (C=O) groups excluding carboxylic acids is 3. The van der Waals surface area contributed by atoms with Gasteiger partial charge in [-0.2, -0.15) is 0 Å². The number of non-ortho nitro benzene ring substituents is 1. The molecule has 0 aliphatic rings. The highest BCUT2D eigenvalue weighted by atomic mass is 16.6. The van der Waals surface area contributed by atoms with Crippen molar-refractivity contribution in [2.45, 2.75) is 19.8 Å². The first kappa shape index (κ1) is 17.1. The fourth-order valence-corrected chi connectivity index (χ4v) is 1.39. The van der Waals surface area contributed by atoms with Gasteiger partial charge in [0.2, 0.25) is 0 Å². The number of carbonyl (C=O) groups is 3. The minimum absolute atomic E-state index is 0.133. The highest BCUT2D eigenvalue weighted by Crippen LogP contribution is 2.11. The maximum Gasteiger partial charge on any atom is 0.306 e. The van der Waals surface area contributed by atoms with Crippen LogP contribution < -0.4 is 10.9 Å².